The molecule has 1 saturated heterocycles. The first-order chi connectivity index (χ1) is 14.5. The number of carbonyl (C=O) groups excluding carboxylic acids is 2. The van der Waals surface area contributed by atoms with Crippen LogP contribution in [-0.4, -0.2) is 66.0 Å². The number of aliphatic imine (C=N–C) groups is 1. The van der Waals surface area contributed by atoms with E-state index >= 15 is 0 Å². The lowest BCUT2D eigenvalue weighted by molar-refractivity contribution is -0.133. The molecule has 2 saturated carbocycles. The van der Waals surface area contributed by atoms with Crippen molar-refractivity contribution in [3.05, 3.63) is 6.33 Å². The Hall–Kier alpha value is -1.97. The van der Waals surface area contributed by atoms with E-state index in [-0.39, 0.29) is 18.4 Å². The molecular weight excluding hydrogens is 402 g/mol. The van der Waals surface area contributed by atoms with Crippen LogP contribution in [0.2, 0.25) is 0 Å². The van der Waals surface area contributed by atoms with Crippen LogP contribution in [0.1, 0.15) is 51.9 Å². The van der Waals surface area contributed by atoms with E-state index in [0.29, 0.717) is 12.0 Å². The normalized spacial score (nSPS) is 33.9. The molecule has 4 aliphatic rings. The summed E-state index contributed by atoms with van der Waals surface area (Å²) in [6.07, 6.45) is 9.36. The van der Waals surface area contributed by atoms with E-state index in [2.05, 4.69) is 25.8 Å². The number of piperidine rings is 1. The summed E-state index contributed by atoms with van der Waals surface area (Å²) >= 11 is 1.62. The van der Waals surface area contributed by atoms with Crippen LogP contribution in [-0.2, 0) is 16.1 Å². The van der Waals surface area contributed by atoms with Crippen molar-refractivity contribution in [3.8, 4) is 0 Å². The number of aromatic nitrogens is 4. The molecule has 1 aromatic heterocycles. The van der Waals surface area contributed by atoms with E-state index in [4.69, 9.17) is 0 Å². The zero-order valence-corrected chi connectivity index (χ0v) is 18.2. The first kappa shape index (κ1) is 20.0. The molecule has 2 amide bonds. The number of hydrogen-bond acceptors (Lipinski definition) is 7. The highest BCUT2D eigenvalue weighted by molar-refractivity contribution is 8.16. The van der Waals surface area contributed by atoms with Crippen LogP contribution in [0.3, 0.4) is 0 Å². The van der Waals surface area contributed by atoms with E-state index in [0.717, 1.165) is 49.4 Å². The third-order valence-electron chi connectivity index (χ3n) is 7.36. The lowest BCUT2D eigenvalue weighted by atomic mass is 9.87. The van der Waals surface area contributed by atoms with Gasteiger partial charge in [-0.2, -0.15) is 4.99 Å². The molecule has 0 radical (unpaired) electrons. The molecule has 9 nitrogen and oxygen atoms in total. The van der Waals surface area contributed by atoms with E-state index in [1.54, 1.807) is 11.8 Å². The lowest BCUT2D eigenvalue weighted by Gasteiger charge is -2.35. The van der Waals surface area contributed by atoms with Gasteiger partial charge in [-0.05, 0) is 73.6 Å². The lowest BCUT2D eigenvalue weighted by Crippen LogP contribution is -2.42. The highest BCUT2D eigenvalue weighted by Crippen LogP contribution is 2.46. The molecule has 0 aromatic carbocycles. The summed E-state index contributed by atoms with van der Waals surface area (Å²) in [4.78, 5) is 31.4. The van der Waals surface area contributed by atoms with Gasteiger partial charge in [0.1, 0.15) is 17.6 Å². The van der Waals surface area contributed by atoms with Gasteiger partial charge in [-0.3, -0.25) is 9.59 Å². The summed E-state index contributed by atoms with van der Waals surface area (Å²) in [5.41, 5.74) is 0. The van der Waals surface area contributed by atoms with E-state index < -0.39 is 4.75 Å². The molecule has 1 N–H and O–H groups in total. The summed E-state index contributed by atoms with van der Waals surface area (Å²) in [6, 6.07) is 0.500. The van der Waals surface area contributed by atoms with Crippen molar-refractivity contribution in [2.45, 2.75) is 69.2 Å². The quantitative estimate of drug-likeness (QED) is 0.752. The van der Waals surface area contributed by atoms with Gasteiger partial charge in [0.25, 0.3) is 5.91 Å². The fourth-order valence-electron chi connectivity index (χ4n) is 5.69. The molecule has 5 rings (SSSR count). The van der Waals surface area contributed by atoms with Crippen LogP contribution in [0.4, 0.5) is 0 Å². The third kappa shape index (κ3) is 3.98. The van der Waals surface area contributed by atoms with Crippen LogP contribution in [0.15, 0.2) is 11.3 Å². The van der Waals surface area contributed by atoms with E-state index in [1.165, 1.54) is 36.7 Å². The Kier molecular flexibility index (Phi) is 5.28. The second-order valence-corrected chi connectivity index (χ2v) is 11.0. The van der Waals surface area contributed by atoms with Crippen LogP contribution < -0.4 is 5.32 Å². The number of likely N-dealkylation sites (tertiary alicyclic amines) is 1. The number of amidine groups is 1. The van der Waals surface area contributed by atoms with Crippen molar-refractivity contribution < 1.29 is 9.59 Å². The number of carbonyl (C=O) groups is 2. The molecule has 2 aliphatic heterocycles. The summed E-state index contributed by atoms with van der Waals surface area (Å²) in [7, 11) is 0. The zero-order valence-electron chi connectivity index (χ0n) is 17.4. The standard InChI is InChI=1S/C20H29N7O2S/c1-20(18(29)23-19(30-20)22-16-9-14-2-3-15(16)8-14)10-13-4-6-26(7-5-13)17(28)11-27-12-21-24-25-27/h12-16H,2-11H2,1H3,(H,22,23,29)/t14-,15+,16+,20?/m1/s1. The van der Waals surface area contributed by atoms with Crippen molar-refractivity contribution >= 4 is 28.7 Å². The molecule has 3 heterocycles. The molecule has 3 fully saturated rings. The Bertz CT molecular complexity index is 836. The van der Waals surface area contributed by atoms with Crippen molar-refractivity contribution in [2.75, 3.05) is 13.1 Å². The van der Waals surface area contributed by atoms with Gasteiger partial charge in [0.2, 0.25) is 5.91 Å². The molecular formula is C20H29N7O2S. The monoisotopic (exact) mass is 431 g/mol. The largest absolute Gasteiger partial charge is 0.361 e. The molecule has 1 unspecified atom stereocenters. The number of fused-ring (bicyclic) bond motifs is 2. The SMILES string of the molecule is CC1(CC2CCN(C(=O)Cn3cnnn3)CC2)SC(N[C@H]2C[C@@H]3CC[C@H]2C3)=NC1=O. The van der Waals surface area contributed by atoms with Gasteiger partial charge in [0.15, 0.2) is 5.17 Å². The van der Waals surface area contributed by atoms with Crippen molar-refractivity contribution in [2.24, 2.45) is 22.7 Å². The fraction of sp³-hybridized carbons (Fsp3) is 0.800. The molecule has 2 bridgehead atoms. The molecule has 4 atom stereocenters. The van der Waals surface area contributed by atoms with Crippen molar-refractivity contribution in [1.82, 2.24) is 30.4 Å². The molecule has 0 spiro atoms. The number of amides is 2. The Labute approximate surface area is 180 Å². The van der Waals surface area contributed by atoms with Crippen LogP contribution in [0, 0.1) is 17.8 Å². The van der Waals surface area contributed by atoms with E-state index in [9.17, 15) is 9.59 Å². The maximum absolute atomic E-state index is 12.7. The summed E-state index contributed by atoms with van der Waals surface area (Å²) in [5.74, 6) is 2.10. The summed E-state index contributed by atoms with van der Waals surface area (Å²) in [5, 5.41) is 15.3. The average Bonchev–Trinajstić information content (AvgIpc) is 3.50. The van der Waals surface area contributed by atoms with Gasteiger partial charge >= 0.3 is 0 Å². The Morgan fingerprint density at radius 1 is 1.27 bits per heavy atom. The predicted octanol–water partition coefficient (Wildman–Crippen LogP) is 1.47. The smallest absolute Gasteiger partial charge is 0.264 e. The molecule has 2 aliphatic carbocycles. The highest BCUT2D eigenvalue weighted by Gasteiger charge is 2.46. The minimum Gasteiger partial charge on any atom is -0.361 e. The Morgan fingerprint density at radius 2 is 2.10 bits per heavy atom. The van der Waals surface area contributed by atoms with E-state index in [1.807, 2.05) is 11.8 Å². The van der Waals surface area contributed by atoms with Crippen molar-refractivity contribution in [3.63, 3.8) is 0 Å². The number of thioether (sulfide) groups is 1. The molecule has 10 heteroatoms. The maximum atomic E-state index is 12.7. The van der Waals surface area contributed by atoms with Crippen LogP contribution in [0.25, 0.3) is 0 Å². The summed E-state index contributed by atoms with van der Waals surface area (Å²) < 4.78 is 0.967. The predicted molar refractivity (Wildman–Crippen MR) is 113 cm³/mol. The number of nitrogens with one attached hydrogen (secondary N) is 1. The van der Waals surface area contributed by atoms with Crippen molar-refractivity contribution in [1.29, 1.82) is 0 Å². The number of hydrogen-bond donors (Lipinski definition) is 1. The number of tetrazole rings is 1. The van der Waals surface area contributed by atoms with Gasteiger partial charge in [-0.25, -0.2) is 4.68 Å². The Morgan fingerprint density at radius 3 is 2.77 bits per heavy atom. The van der Waals surface area contributed by atoms with Gasteiger partial charge in [-0.15, -0.1) is 5.10 Å². The van der Waals surface area contributed by atoms with Gasteiger partial charge in [0, 0.05) is 19.1 Å². The minimum atomic E-state index is -0.483. The molecule has 30 heavy (non-hydrogen) atoms. The zero-order chi connectivity index (χ0) is 20.7. The maximum Gasteiger partial charge on any atom is 0.264 e. The Balaban J connectivity index is 1.10. The second-order valence-electron chi connectivity index (χ2n) is 9.52. The molecule has 162 valence electrons. The van der Waals surface area contributed by atoms with Crippen LogP contribution in [0.5, 0.6) is 0 Å². The highest BCUT2D eigenvalue weighted by atomic mass is 32.2. The van der Waals surface area contributed by atoms with Gasteiger partial charge < -0.3 is 10.2 Å². The summed E-state index contributed by atoms with van der Waals surface area (Å²) in [6.45, 7) is 3.65. The molecule has 1 aromatic rings. The first-order valence-electron chi connectivity index (χ1n) is 11.1. The second kappa shape index (κ2) is 7.94. The number of rotatable bonds is 5. The minimum absolute atomic E-state index is 0.00431. The first-order valence-corrected chi connectivity index (χ1v) is 11.9. The third-order valence-corrected chi connectivity index (χ3v) is 8.55. The van der Waals surface area contributed by atoms with Gasteiger partial charge in [-0.1, -0.05) is 18.2 Å². The topological polar surface area (TPSA) is 105 Å². The average molecular weight is 432 g/mol. The fourth-order valence-corrected chi connectivity index (χ4v) is 6.91. The van der Waals surface area contributed by atoms with Gasteiger partial charge in [0.05, 0.1) is 0 Å². The van der Waals surface area contributed by atoms with Crippen LogP contribution >= 0.6 is 11.8 Å². The number of nitrogens with zero attached hydrogens (tertiary/aromatic N) is 6.